The highest BCUT2D eigenvalue weighted by Crippen LogP contribution is 2.25. The Hall–Kier alpha value is -1.92. The van der Waals surface area contributed by atoms with Gasteiger partial charge in [-0.15, -0.1) is 0 Å². The van der Waals surface area contributed by atoms with Gasteiger partial charge in [-0.2, -0.15) is 0 Å². The van der Waals surface area contributed by atoms with Crippen LogP contribution in [-0.4, -0.2) is 57.8 Å². The van der Waals surface area contributed by atoms with E-state index >= 15 is 0 Å². The van der Waals surface area contributed by atoms with Crippen LogP contribution in [0.4, 0.5) is 5.69 Å². The number of morpholine rings is 1. The van der Waals surface area contributed by atoms with E-state index in [9.17, 15) is 9.59 Å². The second kappa shape index (κ2) is 8.45. The average Bonchev–Trinajstić information content (AvgIpc) is 3.04. The molecule has 2 aliphatic heterocycles. The van der Waals surface area contributed by atoms with E-state index in [2.05, 4.69) is 12.2 Å². The highest BCUT2D eigenvalue weighted by Gasteiger charge is 2.35. The molecule has 2 aliphatic rings. The standard InChI is InChI=1S/C19H27N3O3/c1-2-15-3-5-17(6-4-15)22-14-16(13-18(22)23)19(24)20-7-8-21-9-11-25-12-10-21/h3-6,16H,2,7-14H2,1H3,(H,20,24)/p+1/t16-/m0/s1. The third-order valence-electron chi connectivity index (χ3n) is 5.13. The molecular weight excluding hydrogens is 318 g/mol. The Labute approximate surface area is 149 Å². The lowest BCUT2D eigenvalue weighted by atomic mass is 10.1. The van der Waals surface area contributed by atoms with Crippen LogP contribution < -0.4 is 15.1 Å². The lowest BCUT2D eigenvalue weighted by Crippen LogP contribution is -3.14. The summed E-state index contributed by atoms with van der Waals surface area (Å²) < 4.78 is 5.34. The van der Waals surface area contributed by atoms with E-state index in [1.54, 1.807) is 4.90 Å². The van der Waals surface area contributed by atoms with Crippen LogP contribution in [0.25, 0.3) is 0 Å². The van der Waals surface area contributed by atoms with Gasteiger partial charge in [0, 0.05) is 18.7 Å². The van der Waals surface area contributed by atoms with Crippen molar-refractivity contribution in [1.29, 1.82) is 0 Å². The molecule has 0 unspecified atom stereocenters. The zero-order valence-electron chi connectivity index (χ0n) is 14.9. The fraction of sp³-hybridized carbons (Fsp3) is 0.579. The zero-order valence-corrected chi connectivity index (χ0v) is 14.9. The average molecular weight is 346 g/mol. The van der Waals surface area contributed by atoms with E-state index in [0.29, 0.717) is 19.5 Å². The van der Waals surface area contributed by atoms with Crippen molar-refractivity contribution in [3.63, 3.8) is 0 Å². The van der Waals surface area contributed by atoms with Gasteiger partial charge in [0.1, 0.15) is 13.1 Å². The summed E-state index contributed by atoms with van der Waals surface area (Å²) in [7, 11) is 0. The number of benzene rings is 1. The lowest BCUT2D eigenvalue weighted by Gasteiger charge is -2.24. The minimum atomic E-state index is -0.252. The predicted molar refractivity (Wildman–Crippen MR) is 95.7 cm³/mol. The molecule has 2 amide bonds. The summed E-state index contributed by atoms with van der Waals surface area (Å²) in [5, 5.41) is 3.00. The van der Waals surface area contributed by atoms with E-state index in [0.717, 1.165) is 45.0 Å². The SMILES string of the molecule is CCc1ccc(N2C[C@@H](C(=O)NCC[NH+]3CCOCC3)CC2=O)cc1. The highest BCUT2D eigenvalue weighted by atomic mass is 16.5. The molecule has 0 bridgehead atoms. The second-order valence-electron chi connectivity index (χ2n) is 6.83. The summed E-state index contributed by atoms with van der Waals surface area (Å²) in [4.78, 5) is 27.9. The van der Waals surface area contributed by atoms with Crippen molar-refractivity contribution in [1.82, 2.24) is 5.32 Å². The molecule has 2 saturated heterocycles. The van der Waals surface area contributed by atoms with Crippen LogP contribution >= 0.6 is 0 Å². The van der Waals surface area contributed by atoms with Crippen molar-refractivity contribution >= 4 is 17.5 Å². The summed E-state index contributed by atoms with van der Waals surface area (Å²) >= 11 is 0. The van der Waals surface area contributed by atoms with E-state index < -0.39 is 0 Å². The van der Waals surface area contributed by atoms with E-state index in [-0.39, 0.29) is 17.7 Å². The number of nitrogens with zero attached hydrogens (tertiary/aromatic N) is 1. The molecule has 1 aromatic carbocycles. The van der Waals surface area contributed by atoms with E-state index in [4.69, 9.17) is 4.74 Å². The van der Waals surface area contributed by atoms with Gasteiger partial charge < -0.3 is 19.9 Å². The number of aryl methyl sites for hydroxylation is 1. The van der Waals surface area contributed by atoms with Crippen LogP contribution in [0.5, 0.6) is 0 Å². The molecule has 0 saturated carbocycles. The Kier molecular flexibility index (Phi) is 6.04. The number of hydrogen-bond donors (Lipinski definition) is 2. The maximum Gasteiger partial charge on any atom is 0.227 e. The quantitative estimate of drug-likeness (QED) is 0.739. The molecule has 2 N–H and O–H groups in total. The monoisotopic (exact) mass is 346 g/mol. The van der Waals surface area contributed by atoms with Crippen molar-refractivity contribution in [2.75, 3.05) is 50.8 Å². The van der Waals surface area contributed by atoms with Gasteiger partial charge >= 0.3 is 0 Å². The van der Waals surface area contributed by atoms with Crippen LogP contribution in [-0.2, 0) is 20.7 Å². The molecule has 3 rings (SSSR count). The summed E-state index contributed by atoms with van der Waals surface area (Å²) in [5.74, 6) is -0.227. The summed E-state index contributed by atoms with van der Waals surface area (Å²) in [5.41, 5.74) is 2.13. The van der Waals surface area contributed by atoms with Gasteiger partial charge in [-0.1, -0.05) is 19.1 Å². The number of nitrogens with one attached hydrogen (secondary N) is 2. The molecule has 6 heteroatoms. The molecule has 2 fully saturated rings. The zero-order chi connectivity index (χ0) is 17.6. The third kappa shape index (κ3) is 4.58. The minimum absolute atomic E-state index is 0.00584. The number of quaternary nitrogens is 1. The van der Waals surface area contributed by atoms with Gasteiger partial charge in [0.2, 0.25) is 11.8 Å². The van der Waals surface area contributed by atoms with Gasteiger partial charge in [0.15, 0.2) is 0 Å². The van der Waals surface area contributed by atoms with Gasteiger partial charge in [-0.3, -0.25) is 9.59 Å². The van der Waals surface area contributed by atoms with Crippen LogP contribution in [0, 0.1) is 5.92 Å². The first kappa shape index (κ1) is 17.9. The first-order valence-corrected chi connectivity index (χ1v) is 9.25. The van der Waals surface area contributed by atoms with Gasteiger partial charge in [0.05, 0.1) is 32.2 Å². The minimum Gasteiger partial charge on any atom is -0.370 e. The molecule has 0 spiro atoms. The van der Waals surface area contributed by atoms with E-state index in [1.165, 1.54) is 10.5 Å². The van der Waals surface area contributed by atoms with Crippen molar-refractivity contribution in [3.8, 4) is 0 Å². The second-order valence-corrected chi connectivity index (χ2v) is 6.83. The summed E-state index contributed by atoms with van der Waals surface area (Å²) in [6.45, 7) is 7.74. The van der Waals surface area contributed by atoms with Crippen LogP contribution in [0.3, 0.4) is 0 Å². The fourth-order valence-corrected chi connectivity index (χ4v) is 3.46. The Morgan fingerprint density at radius 1 is 1.28 bits per heavy atom. The van der Waals surface area contributed by atoms with Crippen LogP contribution in [0.1, 0.15) is 18.9 Å². The molecule has 25 heavy (non-hydrogen) atoms. The van der Waals surface area contributed by atoms with Crippen LogP contribution in [0.15, 0.2) is 24.3 Å². The molecule has 0 aromatic heterocycles. The first-order valence-electron chi connectivity index (χ1n) is 9.25. The Balaban J connectivity index is 1.48. The van der Waals surface area contributed by atoms with E-state index in [1.807, 2.05) is 24.3 Å². The Morgan fingerprint density at radius 2 is 2.00 bits per heavy atom. The molecule has 0 radical (unpaired) electrons. The summed E-state index contributed by atoms with van der Waals surface area (Å²) in [6, 6.07) is 8.03. The number of ether oxygens (including phenoxy) is 1. The smallest absolute Gasteiger partial charge is 0.227 e. The molecule has 136 valence electrons. The molecular formula is C19H28N3O3+. The molecule has 1 aromatic rings. The largest absolute Gasteiger partial charge is 0.370 e. The van der Waals surface area contributed by atoms with Crippen molar-refractivity contribution in [2.24, 2.45) is 5.92 Å². The Morgan fingerprint density at radius 3 is 2.68 bits per heavy atom. The number of anilines is 1. The van der Waals surface area contributed by atoms with Crippen molar-refractivity contribution in [3.05, 3.63) is 29.8 Å². The molecule has 6 nitrogen and oxygen atoms in total. The van der Waals surface area contributed by atoms with Gasteiger partial charge in [-0.05, 0) is 24.1 Å². The first-order chi connectivity index (χ1) is 12.2. The molecule has 0 aliphatic carbocycles. The number of amides is 2. The predicted octanol–water partition coefficient (Wildman–Crippen LogP) is -0.367. The number of rotatable bonds is 6. The highest BCUT2D eigenvalue weighted by molar-refractivity contribution is 6.00. The maximum absolute atomic E-state index is 12.4. The normalized spacial score (nSPS) is 21.6. The number of hydrogen-bond acceptors (Lipinski definition) is 3. The molecule has 2 heterocycles. The van der Waals surface area contributed by atoms with Gasteiger partial charge in [-0.25, -0.2) is 0 Å². The Bertz CT molecular complexity index is 596. The third-order valence-corrected chi connectivity index (χ3v) is 5.13. The van der Waals surface area contributed by atoms with Crippen molar-refractivity contribution < 1.29 is 19.2 Å². The summed E-state index contributed by atoms with van der Waals surface area (Å²) in [6.07, 6.45) is 1.27. The lowest BCUT2D eigenvalue weighted by molar-refractivity contribution is -0.906. The molecule has 1 atom stereocenters. The maximum atomic E-state index is 12.4. The number of carbonyl (C=O) groups excluding carboxylic acids is 2. The van der Waals surface area contributed by atoms with Gasteiger partial charge in [0.25, 0.3) is 0 Å². The van der Waals surface area contributed by atoms with Crippen LogP contribution in [0.2, 0.25) is 0 Å². The fourth-order valence-electron chi connectivity index (χ4n) is 3.46. The number of carbonyl (C=O) groups is 2. The topological polar surface area (TPSA) is 63.1 Å². The van der Waals surface area contributed by atoms with Crippen molar-refractivity contribution in [2.45, 2.75) is 19.8 Å².